The third kappa shape index (κ3) is 2.32. The lowest BCUT2D eigenvalue weighted by Gasteiger charge is -2.38. The van der Waals surface area contributed by atoms with Crippen molar-refractivity contribution in [3.05, 3.63) is 22.3 Å². The molecule has 0 spiro atoms. The molecule has 1 aromatic heterocycles. The van der Waals surface area contributed by atoms with Crippen molar-refractivity contribution < 1.29 is 0 Å². The van der Waals surface area contributed by atoms with E-state index in [1.54, 1.807) is 0 Å². The van der Waals surface area contributed by atoms with Gasteiger partial charge in [-0.1, -0.05) is 0 Å². The van der Waals surface area contributed by atoms with E-state index in [0.29, 0.717) is 0 Å². The zero-order valence-electron chi connectivity index (χ0n) is 8.89. The molecule has 0 bridgehead atoms. The minimum Gasteiger partial charge on any atom is -0.367 e. The van der Waals surface area contributed by atoms with E-state index in [2.05, 4.69) is 33.2 Å². The number of nitrogens with zero attached hydrogens (tertiary/aromatic N) is 1. The minimum atomic E-state index is -0.00906. The van der Waals surface area contributed by atoms with Crippen LogP contribution < -0.4 is 11.1 Å². The quantitative estimate of drug-likeness (QED) is 0.887. The monoisotopic (exact) mass is 269 g/mol. The maximum Gasteiger partial charge on any atom is 0.140 e. The summed E-state index contributed by atoms with van der Waals surface area (Å²) < 4.78 is 1.04. The van der Waals surface area contributed by atoms with Gasteiger partial charge in [0.15, 0.2) is 0 Å². The van der Waals surface area contributed by atoms with Crippen LogP contribution in [0.2, 0.25) is 0 Å². The normalized spacial score (nSPS) is 18.3. The SMILES string of the molecule is Cc1ccnc(NCC2(N)CCC2)c1Br. The summed E-state index contributed by atoms with van der Waals surface area (Å²) >= 11 is 3.52. The summed E-state index contributed by atoms with van der Waals surface area (Å²) in [6, 6.07) is 1.98. The van der Waals surface area contributed by atoms with Crippen LogP contribution in [0.3, 0.4) is 0 Å². The number of pyridine rings is 1. The van der Waals surface area contributed by atoms with Gasteiger partial charge in [-0.15, -0.1) is 0 Å². The van der Waals surface area contributed by atoms with Crippen LogP contribution in [0.25, 0.3) is 0 Å². The highest BCUT2D eigenvalue weighted by atomic mass is 79.9. The average Bonchev–Trinajstić information content (AvgIpc) is 2.17. The summed E-state index contributed by atoms with van der Waals surface area (Å²) in [4.78, 5) is 4.29. The van der Waals surface area contributed by atoms with E-state index >= 15 is 0 Å². The number of hydrogen-bond donors (Lipinski definition) is 2. The maximum absolute atomic E-state index is 6.13. The van der Waals surface area contributed by atoms with Crippen LogP contribution in [0, 0.1) is 6.92 Å². The van der Waals surface area contributed by atoms with Crippen molar-refractivity contribution >= 4 is 21.7 Å². The summed E-state index contributed by atoms with van der Waals surface area (Å²) in [5.41, 5.74) is 7.31. The topological polar surface area (TPSA) is 50.9 Å². The number of aromatic nitrogens is 1. The van der Waals surface area contributed by atoms with Gasteiger partial charge < -0.3 is 11.1 Å². The van der Waals surface area contributed by atoms with Crippen molar-refractivity contribution in [3.63, 3.8) is 0 Å². The summed E-state index contributed by atoms with van der Waals surface area (Å²) in [6.45, 7) is 2.86. The zero-order valence-corrected chi connectivity index (χ0v) is 10.5. The van der Waals surface area contributed by atoms with E-state index in [0.717, 1.165) is 29.7 Å². The van der Waals surface area contributed by atoms with Crippen molar-refractivity contribution in [1.82, 2.24) is 4.98 Å². The van der Waals surface area contributed by atoms with Crippen molar-refractivity contribution in [1.29, 1.82) is 0 Å². The van der Waals surface area contributed by atoms with Crippen LogP contribution in [-0.2, 0) is 0 Å². The predicted molar refractivity (Wildman–Crippen MR) is 65.9 cm³/mol. The number of nitrogens with one attached hydrogen (secondary N) is 1. The molecule has 1 fully saturated rings. The van der Waals surface area contributed by atoms with Gasteiger partial charge in [-0.25, -0.2) is 4.98 Å². The smallest absolute Gasteiger partial charge is 0.140 e. The summed E-state index contributed by atoms with van der Waals surface area (Å²) in [5, 5.41) is 3.31. The van der Waals surface area contributed by atoms with Crippen molar-refractivity contribution in [2.24, 2.45) is 5.73 Å². The lowest BCUT2D eigenvalue weighted by molar-refractivity contribution is 0.265. The molecule has 0 unspecified atom stereocenters. The van der Waals surface area contributed by atoms with Crippen LogP contribution in [0.1, 0.15) is 24.8 Å². The third-order valence-corrected chi connectivity index (χ3v) is 4.04. The first-order valence-electron chi connectivity index (χ1n) is 5.25. The Morgan fingerprint density at radius 2 is 2.33 bits per heavy atom. The van der Waals surface area contributed by atoms with Crippen molar-refractivity contribution in [3.8, 4) is 0 Å². The van der Waals surface area contributed by atoms with Crippen LogP contribution in [0.15, 0.2) is 16.7 Å². The van der Waals surface area contributed by atoms with E-state index in [4.69, 9.17) is 5.73 Å². The number of halogens is 1. The Kier molecular flexibility index (Phi) is 2.98. The summed E-state index contributed by atoms with van der Waals surface area (Å²) in [6.07, 6.45) is 5.29. The van der Waals surface area contributed by atoms with Crippen LogP contribution >= 0.6 is 15.9 Å². The molecule has 0 atom stereocenters. The minimum absolute atomic E-state index is 0.00906. The van der Waals surface area contributed by atoms with Gasteiger partial charge in [0.25, 0.3) is 0 Å². The summed E-state index contributed by atoms with van der Waals surface area (Å²) in [5.74, 6) is 0.895. The maximum atomic E-state index is 6.13. The fraction of sp³-hybridized carbons (Fsp3) is 0.545. The number of nitrogens with two attached hydrogens (primary N) is 1. The van der Waals surface area contributed by atoms with Gasteiger partial charge in [-0.2, -0.15) is 0 Å². The second-order valence-electron chi connectivity index (χ2n) is 4.36. The average molecular weight is 270 g/mol. The summed E-state index contributed by atoms with van der Waals surface area (Å²) in [7, 11) is 0. The molecule has 3 nitrogen and oxygen atoms in total. The number of hydrogen-bond acceptors (Lipinski definition) is 3. The molecular formula is C11H16BrN3. The Morgan fingerprint density at radius 1 is 1.60 bits per heavy atom. The van der Waals surface area contributed by atoms with Crippen molar-refractivity contribution in [2.75, 3.05) is 11.9 Å². The predicted octanol–water partition coefficient (Wildman–Crippen LogP) is 2.45. The highest BCUT2D eigenvalue weighted by Gasteiger charge is 2.32. The molecule has 2 rings (SSSR count). The van der Waals surface area contributed by atoms with Gasteiger partial charge >= 0.3 is 0 Å². The first-order valence-corrected chi connectivity index (χ1v) is 6.04. The standard InChI is InChI=1S/C11H16BrN3/c1-8-3-6-14-10(9(8)12)15-7-11(13)4-2-5-11/h3,6H,2,4-5,7,13H2,1H3,(H,14,15). The lowest BCUT2D eigenvalue weighted by Crippen LogP contribution is -2.52. The lowest BCUT2D eigenvalue weighted by atomic mass is 9.78. The largest absolute Gasteiger partial charge is 0.367 e. The molecular weight excluding hydrogens is 254 g/mol. The second-order valence-corrected chi connectivity index (χ2v) is 5.15. The fourth-order valence-corrected chi connectivity index (χ4v) is 2.11. The number of rotatable bonds is 3. The van der Waals surface area contributed by atoms with E-state index in [1.807, 2.05) is 12.3 Å². The number of aryl methyl sites for hydroxylation is 1. The van der Waals surface area contributed by atoms with E-state index in [-0.39, 0.29) is 5.54 Å². The molecule has 0 aromatic carbocycles. The van der Waals surface area contributed by atoms with Gasteiger partial charge in [0.2, 0.25) is 0 Å². The van der Waals surface area contributed by atoms with Crippen LogP contribution in [-0.4, -0.2) is 17.1 Å². The van der Waals surface area contributed by atoms with Gasteiger partial charge in [0.1, 0.15) is 5.82 Å². The second kappa shape index (κ2) is 4.10. The molecule has 15 heavy (non-hydrogen) atoms. The molecule has 82 valence electrons. The molecule has 0 amide bonds. The Morgan fingerprint density at radius 3 is 2.93 bits per heavy atom. The molecule has 1 heterocycles. The third-order valence-electron chi connectivity index (χ3n) is 3.04. The molecule has 0 radical (unpaired) electrons. The number of anilines is 1. The first-order chi connectivity index (χ1) is 7.11. The molecule has 3 N–H and O–H groups in total. The first kappa shape index (κ1) is 10.9. The molecule has 0 saturated heterocycles. The van der Waals surface area contributed by atoms with Gasteiger partial charge in [0.05, 0.1) is 4.47 Å². The highest BCUT2D eigenvalue weighted by molar-refractivity contribution is 9.10. The van der Waals surface area contributed by atoms with Crippen molar-refractivity contribution in [2.45, 2.75) is 31.7 Å². The van der Waals surface area contributed by atoms with E-state index in [9.17, 15) is 0 Å². The van der Waals surface area contributed by atoms with Gasteiger partial charge in [-0.3, -0.25) is 0 Å². The molecule has 1 saturated carbocycles. The molecule has 1 aromatic rings. The molecule has 4 heteroatoms. The highest BCUT2D eigenvalue weighted by Crippen LogP contribution is 2.30. The fourth-order valence-electron chi connectivity index (χ4n) is 1.73. The Labute approximate surface area is 98.6 Å². The van der Waals surface area contributed by atoms with Crippen LogP contribution in [0.5, 0.6) is 0 Å². The Balaban J connectivity index is 2.01. The molecule has 1 aliphatic rings. The molecule has 0 aliphatic heterocycles. The van der Waals surface area contributed by atoms with E-state index < -0.39 is 0 Å². The zero-order chi connectivity index (χ0) is 10.9. The van der Waals surface area contributed by atoms with E-state index in [1.165, 1.54) is 12.0 Å². The van der Waals surface area contributed by atoms with Gasteiger partial charge in [0, 0.05) is 18.3 Å². The molecule has 1 aliphatic carbocycles. The van der Waals surface area contributed by atoms with Gasteiger partial charge in [-0.05, 0) is 53.7 Å². The Bertz CT molecular complexity index is 361. The van der Waals surface area contributed by atoms with Crippen LogP contribution in [0.4, 0.5) is 5.82 Å². The Hall–Kier alpha value is -0.610.